The lowest BCUT2D eigenvalue weighted by Gasteiger charge is -2.14. The monoisotopic (exact) mass is 296 g/mol. The molecule has 1 amide bonds. The summed E-state index contributed by atoms with van der Waals surface area (Å²) in [5.41, 5.74) is 3.00. The maximum absolute atomic E-state index is 12.1. The van der Waals surface area contributed by atoms with Crippen LogP contribution in [0.2, 0.25) is 0 Å². The summed E-state index contributed by atoms with van der Waals surface area (Å²) in [6.07, 6.45) is 8.75. The molecule has 5 nitrogen and oxygen atoms in total. The van der Waals surface area contributed by atoms with Gasteiger partial charge in [-0.3, -0.25) is 4.79 Å². The van der Waals surface area contributed by atoms with Gasteiger partial charge in [-0.05, 0) is 24.1 Å². The molecule has 0 saturated heterocycles. The van der Waals surface area contributed by atoms with Crippen molar-refractivity contribution in [2.45, 2.75) is 37.8 Å². The molecule has 0 spiro atoms. The van der Waals surface area contributed by atoms with Crippen molar-refractivity contribution >= 4 is 17.3 Å². The molecule has 2 aliphatic rings. The van der Waals surface area contributed by atoms with Crippen LogP contribution in [0.3, 0.4) is 0 Å². The molecule has 114 valence electrons. The molecule has 2 aliphatic heterocycles. The van der Waals surface area contributed by atoms with Crippen molar-refractivity contribution in [2.24, 2.45) is 10.2 Å². The van der Waals surface area contributed by atoms with E-state index >= 15 is 0 Å². The van der Waals surface area contributed by atoms with Crippen LogP contribution in [0.5, 0.6) is 0 Å². The third kappa shape index (κ3) is 3.11. The third-order valence-corrected chi connectivity index (χ3v) is 4.30. The first-order valence-electron chi connectivity index (χ1n) is 7.63. The Morgan fingerprint density at radius 2 is 2.27 bits per heavy atom. The molecule has 1 aromatic rings. The van der Waals surface area contributed by atoms with E-state index in [4.69, 9.17) is 6.42 Å². The highest BCUT2D eigenvalue weighted by molar-refractivity contribution is 5.91. The van der Waals surface area contributed by atoms with Gasteiger partial charge in [-0.2, -0.15) is 10.2 Å². The maximum atomic E-state index is 12.1. The van der Waals surface area contributed by atoms with Crippen molar-refractivity contribution in [3.63, 3.8) is 0 Å². The summed E-state index contributed by atoms with van der Waals surface area (Å²) in [5.74, 6) is 2.59. The van der Waals surface area contributed by atoms with E-state index < -0.39 is 0 Å². The number of amides is 1. The number of benzene rings is 1. The molecule has 0 aliphatic carbocycles. The number of carbonyl (C=O) groups excluding carboxylic acids is 1. The Morgan fingerprint density at radius 3 is 3.00 bits per heavy atom. The van der Waals surface area contributed by atoms with E-state index in [2.05, 4.69) is 39.5 Å². The Kier molecular flexibility index (Phi) is 3.84. The highest BCUT2D eigenvalue weighted by atomic mass is 16.1. The lowest BCUT2D eigenvalue weighted by atomic mass is 10.0. The predicted octanol–water partition coefficient (Wildman–Crippen LogP) is 2.97. The van der Waals surface area contributed by atoms with Crippen LogP contribution in [-0.4, -0.2) is 25.2 Å². The highest BCUT2D eigenvalue weighted by Crippen LogP contribution is 2.37. The molecular formula is C17H20N4O. The predicted molar refractivity (Wildman–Crippen MR) is 86.9 cm³/mol. The van der Waals surface area contributed by atoms with Gasteiger partial charge in [0, 0.05) is 50.7 Å². The third-order valence-electron chi connectivity index (χ3n) is 4.30. The second kappa shape index (κ2) is 5.80. The number of carbonyl (C=O) groups is 1. The van der Waals surface area contributed by atoms with Gasteiger partial charge in [-0.25, -0.2) is 0 Å². The zero-order valence-electron chi connectivity index (χ0n) is 12.8. The minimum absolute atomic E-state index is 0.00187. The van der Waals surface area contributed by atoms with E-state index in [1.807, 2.05) is 12.1 Å². The largest absolute Gasteiger partial charge is 0.374 e. The quantitative estimate of drug-likeness (QED) is 0.820. The molecule has 0 unspecified atom stereocenters. The number of nitrogens with zero attached hydrogens (tertiary/aromatic N) is 3. The number of rotatable bonds is 6. The van der Waals surface area contributed by atoms with Gasteiger partial charge in [0.1, 0.15) is 0 Å². The van der Waals surface area contributed by atoms with Gasteiger partial charge in [0.05, 0.1) is 0 Å². The zero-order valence-corrected chi connectivity index (χ0v) is 12.8. The second-order valence-corrected chi connectivity index (χ2v) is 5.95. The van der Waals surface area contributed by atoms with Crippen molar-refractivity contribution in [3.8, 4) is 12.3 Å². The van der Waals surface area contributed by atoms with E-state index in [1.165, 1.54) is 11.3 Å². The van der Waals surface area contributed by atoms with Crippen LogP contribution in [0.15, 0.2) is 28.4 Å². The van der Waals surface area contributed by atoms with E-state index in [0.29, 0.717) is 19.3 Å². The molecule has 0 atom stereocenters. The van der Waals surface area contributed by atoms with E-state index in [1.54, 1.807) is 0 Å². The fraction of sp³-hybridized carbons (Fsp3) is 0.471. The average Bonchev–Trinajstić information content (AvgIpc) is 3.21. The van der Waals surface area contributed by atoms with E-state index in [9.17, 15) is 4.79 Å². The molecule has 3 rings (SSSR count). The first-order valence-corrected chi connectivity index (χ1v) is 7.63. The molecular weight excluding hydrogens is 276 g/mol. The smallest absolute Gasteiger partial charge is 0.224 e. The van der Waals surface area contributed by atoms with Gasteiger partial charge in [0.25, 0.3) is 0 Å². The molecule has 0 fully saturated rings. The zero-order chi connectivity index (χ0) is 15.6. The summed E-state index contributed by atoms with van der Waals surface area (Å²) in [7, 11) is 2.07. The van der Waals surface area contributed by atoms with Crippen LogP contribution in [-0.2, 0) is 11.2 Å². The second-order valence-electron chi connectivity index (χ2n) is 5.95. The lowest BCUT2D eigenvalue weighted by molar-refractivity contribution is -0.116. The van der Waals surface area contributed by atoms with Crippen molar-refractivity contribution in [2.75, 3.05) is 23.8 Å². The van der Waals surface area contributed by atoms with Crippen molar-refractivity contribution in [1.82, 2.24) is 0 Å². The molecule has 5 heteroatoms. The molecule has 2 heterocycles. The minimum atomic E-state index is -0.387. The Morgan fingerprint density at radius 1 is 1.45 bits per heavy atom. The Labute approximate surface area is 130 Å². The highest BCUT2D eigenvalue weighted by Gasteiger charge is 2.39. The normalized spacial score (nSPS) is 17.0. The van der Waals surface area contributed by atoms with E-state index in [-0.39, 0.29) is 11.6 Å². The SMILES string of the molecule is C#CCCC1(CCC(=O)Nc2ccc3c(c2)N(C)CC3)N=N1. The van der Waals surface area contributed by atoms with E-state index in [0.717, 1.165) is 25.1 Å². The van der Waals surface area contributed by atoms with Gasteiger partial charge in [0.2, 0.25) is 5.91 Å². The molecule has 0 aromatic heterocycles. The van der Waals surface area contributed by atoms with Crippen LogP contribution in [0, 0.1) is 12.3 Å². The fourth-order valence-corrected chi connectivity index (χ4v) is 2.82. The fourth-order valence-electron chi connectivity index (χ4n) is 2.82. The number of likely N-dealkylation sites (N-methyl/N-ethyl adjacent to an activating group) is 1. The molecule has 0 radical (unpaired) electrons. The van der Waals surface area contributed by atoms with Crippen molar-refractivity contribution in [3.05, 3.63) is 23.8 Å². The van der Waals surface area contributed by atoms with Crippen LogP contribution < -0.4 is 10.2 Å². The molecule has 1 N–H and O–H groups in total. The number of nitrogens with one attached hydrogen (secondary N) is 1. The standard InChI is InChI=1S/C17H20N4O/c1-3-4-9-17(19-20-17)10-7-16(22)18-14-6-5-13-8-11-21(2)15(13)12-14/h1,5-6,12H,4,7-11H2,2H3,(H,18,22). The molecule has 0 saturated carbocycles. The topological polar surface area (TPSA) is 57.1 Å². The van der Waals surface area contributed by atoms with Gasteiger partial charge in [-0.15, -0.1) is 12.3 Å². The van der Waals surface area contributed by atoms with Crippen LogP contribution in [0.25, 0.3) is 0 Å². The average molecular weight is 296 g/mol. The van der Waals surface area contributed by atoms with Gasteiger partial charge < -0.3 is 10.2 Å². The van der Waals surface area contributed by atoms with Gasteiger partial charge in [-0.1, -0.05) is 6.07 Å². The summed E-state index contributed by atoms with van der Waals surface area (Å²) in [5, 5.41) is 11.1. The first kappa shape index (κ1) is 14.6. The number of hydrogen-bond acceptors (Lipinski definition) is 4. The number of fused-ring (bicyclic) bond motifs is 1. The first-order chi connectivity index (χ1) is 10.6. The van der Waals surface area contributed by atoms with Crippen molar-refractivity contribution in [1.29, 1.82) is 0 Å². The summed E-state index contributed by atoms with van der Waals surface area (Å²) in [6, 6.07) is 6.10. The number of terminal acetylenes is 1. The maximum Gasteiger partial charge on any atom is 0.224 e. The van der Waals surface area contributed by atoms with Gasteiger partial charge >= 0.3 is 0 Å². The van der Waals surface area contributed by atoms with Crippen LogP contribution in [0.4, 0.5) is 11.4 Å². The van der Waals surface area contributed by atoms with Crippen LogP contribution in [0.1, 0.15) is 31.2 Å². The lowest BCUT2D eigenvalue weighted by Crippen LogP contribution is -2.18. The summed E-state index contributed by atoms with van der Waals surface area (Å²) >= 11 is 0. The summed E-state index contributed by atoms with van der Waals surface area (Å²) < 4.78 is 0. The molecule has 0 bridgehead atoms. The van der Waals surface area contributed by atoms with Crippen LogP contribution >= 0.6 is 0 Å². The summed E-state index contributed by atoms with van der Waals surface area (Å²) in [6.45, 7) is 1.04. The number of anilines is 2. The van der Waals surface area contributed by atoms with Crippen molar-refractivity contribution < 1.29 is 4.79 Å². The Bertz CT molecular complexity index is 653. The Balaban J connectivity index is 1.52. The molecule has 1 aromatic carbocycles. The van der Waals surface area contributed by atoms with Gasteiger partial charge in [0.15, 0.2) is 5.66 Å². The minimum Gasteiger partial charge on any atom is -0.374 e. The Hall–Kier alpha value is -2.35. The summed E-state index contributed by atoms with van der Waals surface area (Å²) in [4.78, 5) is 14.3. The number of hydrogen-bond donors (Lipinski definition) is 1. The molecule has 22 heavy (non-hydrogen) atoms.